The van der Waals surface area contributed by atoms with Crippen LogP contribution < -0.4 is 5.32 Å². The number of hydrogen-bond acceptors (Lipinski definition) is 3. The first kappa shape index (κ1) is 9.39. The van der Waals surface area contributed by atoms with Crippen LogP contribution in [0.25, 0.3) is 0 Å². The molecule has 0 aromatic carbocycles. The summed E-state index contributed by atoms with van der Waals surface area (Å²) in [6.45, 7) is 10.6. The fourth-order valence-corrected chi connectivity index (χ4v) is 1.87. The molecule has 1 heterocycles. The lowest BCUT2D eigenvalue weighted by Crippen LogP contribution is -2.49. The van der Waals surface area contributed by atoms with Gasteiger partial charge < -0.3 is 15.3 Å². The molecule has 2 atom stereocenters. The van der Waals surface area contributed by atoms with Crippen LogP contribution in [0.3, 0.4) is 0 Å². The number of nitrogens with one attached hydrogen (secondary N) is 1. The van der Waals surface area contributed by atoms with Crippen LogP contribution in [0.2, 0.25) is 0 Å². The zero-order chi connectivity index (χ0) is 9.35. The minimum atomic E-state index is -0.744. The second-order valence-corrected chi connectivity index (χ2v) is 3.29. The van der Waals surface area contributed by atoms with Gasteiger partial charge in [0.1, 0.15) is 0 Å². The van der Waals surface area contributed by atoms with Gasteiger partial charge >= 0.3 is 0 Å². The van der Waals surface area contributed by atoms with E-state index in [4.69, 9.17) is 0 Å². The average Bonchev–Trinajstić information content (AvgIpc) is 2.24. The van der Waals surface area contributed by atoms with E-state index in [0.29, 0.717) is 6.42 Å². The van der Waals surface area contributed by atoms with E-state index in [1.54, 1.807) is 0 Å². The van der Waals surface area contributed by atoms with Crippen molar-refractivity contribution in [3.8, 4) is 0 Å². The van der Waals surface area contributed by atoms with Crippen molar-refractivity contribution in [1.29, 1.82) is 0 Å². The van der Waals surface area contributed by atoms with Crippen molar-refractivity contribution in [2.45, 2.75) is 39.0 Å². The lowest BCUT2D eigenvalue weighted by atomic mass is 10.0. The average molecular weight is 170 g/mol. The summed E-state index contributed by atoms with van der Waals surface area (Å²) in [6.07, 6.45) is 0.716. The van der Waals surface area contributed by atoms with Crippen LogP contribution in [0.15, 0.2) is 12.4 Å². The number of hydrogen-bond donors (Lipinski definition) is 2. The molecular weight excluding hydrogens is 152 g/mol. The molecule has 0 bridgehead atoms. The largest absolute Gasteiger partial charge is 0.369 e. The molecule has 1 fully saturated rings. The van der Waals surface area contributed by atoms with Gasteiger partial charge in [-0.15, -0.1) is 0 Å². The molecule has 12 heavy (non-hydrogen) atoms. The van der Waals surface area contributed by atoms with Crippen molar-refractivity contribution >= 4 is 0 Å². The Bertz CT molecular complexity index is 193. The highest BCUT2D eigenvalue weighted by molar-refractivity contribution is 5.10. The maximum Gasteiger partial charge on any atom is 0.158 e. The number of aliphatic hydroxyl groups is 1. The van der Waals surface area contributed by atoms with Gasteiger partial charge in [-0.05, 0) is 20.3 Å². The van der Waals surface area contributed by atoms with E-state index >= 15 is 0 Å². The molecule has 70 valence electrons. The molecule has 3 nitrogen and oxygen atoms in total. The monoisotopic (exact) mass is 170 g/mol. The lowest BCUT2D eigenvalue weighted by molar-refractivity contribution is -0.0797. The van der Waals surface area contributed by atoms with E-state index in [0.717, 1.165) is 12.4 Å². The van der Waals surface area contributed by atoms with Gasteiger partial charge in [-0.2, -0.15) is 0 Å². The van der Waals surface area contributed by atoms with Crippen LogP contribution in [0.4, 0.5) is 0 Å². The minimum Gasteiger partial charge on any atom is -0.369 e. The molecule has 3 heteroatoms. The molecule has 1 aliphatic rings. The van der Waals surface area contributed by atoms with E-state index < -0.39 is 5.72 Å². The topological polar surface area (TPSA) is 35.5 Å². The fourth-order valence-electron chi connectivity index (χ4n) is 1.87. The van der Waals surface area contributed by atoms with Gasteiger partial charge in [-0.3, -0.25) is 0 Å². The summed E-state index contributed by atoms with van der Waals surface area (Å²) < 4.78 is 0. The molecule has 1 rings (SSSR count). The third-order valence-electron chi connectivity index (χ3n) is 2.71. The second kappa shape index (κ2) is 2.98. The molecule has 0 spiro atoms. The number of rotatable bonds is 2. The van der Waals surface area contributed by atoms with E-state index in [1.165, 1.54) is 0 Å². The summed E-state index contributed by atoms with van der Waals surface area (Å²) in [4.78, 5) is 1.91. The smallest absolute Gasteiger partial charge is 0.158 e. The maximum absolute atomic E-state index is 10.2. The molecule has 2 N–H and O–H groups in total. The summed E-state index contributed by atoms with van der Waals surface area (Å²) in [5.74, 6) is 0.828. The van der Waals surface area contributed by atoms with Crippen molar-refractivity contribution in [2.24, 2.45) is 0 Å². The van der Waals surface area contributed by atoms with E-state index in [1.807, 2.05) is 25.7 Å². The molecule has 0 aromatic heterocycles. The third-order valence-corrected chi connectivity index (χ3v) is 2.71. The van der Waals surface area contributed by atoms with Crippen molar-refractivity contribution in [2.75, 3.05) is 6.54 Å². The first-order chi connectivity index (χ1) is 5.56. The van der Waals surface area contributed by atoms with E-state index in [-0.39, 0.29) is 6.04 Å². The molecule has 0 aliphatic carbocycles. The standard InChI is InChI=1S/C9H18N2O/c1-5-9(12)7(3)10-8(4)11(9)6-2/h7,10,12H,4-6H2,1-3H3/t7-,9-/m0/s1. The Morgan fingerprint density at radius 3 is 2.58 bits per heavy atom. The Morgan fingerprint density at radius 2 is 2.25 bits per heavy atom. The second-order valence-electron chi connectivity index (χ2n) is 3.29. The van der Waals surface area contributed by atoms with Crippen molar-refractivity contribution < 1.29 is 5.11 Å². The molecule has 1 saturated heterocycles. The van der Waals surface area contributed by atoms with Crippen LogP contribution >= 0.6 is 0 Å². The van der Waals surface area contributed by atoms with Crippen molar-refractivity contribution in [1.82, 2.24) is 10.2 Å². The van der Waals surface area contributed by atoms with Crippen molar-refractivity contribution in [3.63, 3.8) is 0 Å². The zero-order valence-electron chi connectivity index (χ0n) is 8.09. The lowest BCUT2D eigenvalue weighted by Gasteiger charge is -2.34. The molecule has 0 saturated carbocycles. The van der Waals surface area contributed by atoms with Gasteiger partial charge in [0.25, 0.3) is 0 Å². The van der Waals surface area contributed by atoms with Gasteiger partial charge in [-0.1, -0.05) is 13.5 Å². The first-order valence-electron chi connectivity index (χ1n) is 4.51. The van der Waals surface area contributed by atoms with Crippen LogP contribution in [0.5, 0.6) is 0 Å². The minimum absolute atomic E-state index is 0.0648. The van der Waals surface area contributed by atoms with Gasteiger partial charge in [0, 0.05) is 6.54 Å². The van der Waals surface area contributed by atoms with Crippen LogP contribution in [0.1, 0.15) is 27.2 Å². The van der Waals surface area contributed by atoms with Gasteiger partial charge in [0.15, 0.2) is 5.72 Å². The Morgan fingerprint density at radius 1 is 1.67 bits per heavy atom. The van der Waals surface area contributed by atoms with Crippen LogP contribution in [-0.2, 0) is 0 Å². The molecule has 0 amide bonds. The van der Waals surface area contributed by atoms with E-state index in [2.05, 4.69) is 11.9 Å². The van der Waals surface area contributed by atoms with Gasteiger partial charge in [-0.25, -0.2) is 0 Å². The molecule has 0 aromatic rings. The Hall–Kier alpha value is -0.700. The first-order valence-corrected chi connectivity index (χ1v) is 4.51. The molecule has 0 unspecified atom stereocenters. The summed E-state index contributed by atoms with van der Waals surface area (Å²) in [7, 11) is 0. The summed E-state index contributed by atoms with van der Waals surface area (Å²) in [5.41, 5.74) is -0.744. The third kappa shape index (κ3) is 1.08. The van der Waals surface area contributed by atoms with Crippen LogP contribution in [-0.4, -0.2) is 28.3 Å². The predicted molar refractivity (Wildman–Crippen MR) is 49.4 cm³/mol. The number of nitrogens with zero attached hydrogens (tertiary/aromatic N) is 1. The summed E-state index contributed by atoms with van der Waals surface area (Å²) in [6, 6.07) is 0.0648. The Kier molecular flexibility index (Phi) is 2.33. The highest BCUT2D eigenvalue weighted by atomic mass is 16.3. The quantitative estimate of drug-likeness (QED) is 0.645. The highest BCUT2D eigenvalue weighted by Crippen LogP contribution is 2.29. The maximum atomic E-state index is 10.2. The predicted octanol–water partition coefficient (Wildman–Crippen LogP) is 0.870. The highest BCUT2D eigenvalue weighted by Gasteiger charge is 2.44. The zero-order valence-corrected chi connectivity index (χ0v) is 8.09. The Labute approximate surface area is 74.1 Å². The summed E-state index contributed by atoms with van der Waals surface area (Å²) in [5, 5.41) is 13.3. The number of likely N-dealkylation sites (N-methyl/N-ethyl adjacent to an activating group) is 1. The fraction of sp³-hybridized carbons (Fsp3) is 0.778. The summed E-state index contributed by atoms with van der Waals surface area (Å²) >= 11 is 0. The van der Waals surface area contributed by atoms with Crippen molar-refractivity contribution in [3.05, 3.63) is 12.4 Å². The molecule has 1 aliphatic heterocycles. The van der Waals surface area contributed by atoms with Gasteiger partial charge in [0.05, 0.1) is 11.9 Å². The van der Waals surface area contributed by atoms with Crippen LogP contribution in [0, 0.1) is 0 Å². The van der Waals surface area contributed by atoms with Gasteiger partial charge in [0.2, 0.25) is 0 Å². The molecular formula is C9H18N2O. The SMILES string of the molecule is C=C1N[C@@H](C)[C@@](O)(CC)N1CC. The normalized spacial score (nSPS) is 35.5. The van der Waals surface area contributed by atoms with E-state index in [9.17, 15) is 5.11 Å². The molecule has 0 radical (unpaired) electrons. The Balaban J connectivity index is 2.89.